The van der Waals surface area contributed by atoms with Crippen molar-refractivity contribution in [2.24, 2.45) is 5.41 Å². The highest BCUT2D eigenvalue weighted by Gasteiger charge is 2.37. The number of nitriles is 1. The van der Waals surface area contributed by atoms with Crippen LogP contribution in [0.15, 0.2) is 0 Å². The number of aryl methyl sites for hydroxylation is 1. The first-order valence-corrected chi connectivity index (χ1v) is 10.8. The van der Waals surface area contributed by atoms with Gasteiger partial charge in [-0.1, -0.05) is 55.6 Å². The zero-order valence-electron chi connectivity index (χ0n) is 15.2. The van der Waals surface area contributed by atoms with Crippen molar-refractivity contribution in [2.75, 3.05) is 5.32 Å². The largest absolute Gasteiger partial charge is 0.339 e. The quantitative estimate of drug-likeness (QED) is 0.343. The van der Waals surface area contributed by atoms with Crippen molar-refractivity contribution in [3.05, 3.63) is 16.0 Å². The van der Waals surface area contributed by atoms with Crippen LogP contribution in [0.5, 0.6) is 0 Å². The Labute approximate surface area is 183 Å². The molecule has 0 radical (unpaired) electrons. The lowest BCUT2D eigenvalue weighted by Crippen LogP contribution is -2.58. The molecule has 1 aliphatic rings. The Kier molecular flexibility index (Phi) is 7.26. The monoisotopic (exact) mass is 466 g/mol. The van der Waals surface area contributed by atoms with E-state index in [0.717, 1.165) is 31.2 Å². The van der Waals surface area contributed by atoms with E-state index < -0.39 is 15.4 Å². The fraction of sp³-hybridized carbons (Fsp3) is 0.588. The topological polar surface area (TPSA) is 77.0 Å². The zero-order chi connectivity index (χ0) is 20.4. The van der Waals surface area contributed by atoms with Gasteiger partial charge in [0, 0.05) is 10.3 Å². The number of anilines is 1. The summed E-state index contributed by atoms with van der Waals surface area (Å²) in [6.07, 6.45) is 3.03. The van der Waals surface area contributed by atoms with Crippen LogP contribution < -0.4 is 16.0 Å². The minimum absolute atomic E-state index is 0.163. The van der Waals surface area contributed by atoms with Crippen molar-refractivity contribution >= 4 is 74.4 Å². The first-order chi connectivity index (χ1) is 12.4. The Morgan fingerprint density at radius 1 is 1.22 bits per heavy atom. The van der Waals surface area contributed by atoms with Crippen LogP contribution in [0.3, 0.4) is 0 Å². The lowest BCUT2D eigenvalue weighted by atomic mass is 9.95. The SMILES string of the molecule is CC(C)(C)C(=O)N[C@H](NC(=S)Nc1sc2c(c1C#N)CCCC2)C(Cl)(Cl)Cl. The molecule has 148 valence electrons. The Bertz CT molecular complexity index is 775. The average molecular weight is 468 g/mol. The van der Waals surface area contributed by atoms with Crippen molar-refractivity contribution in [3.63, 3.8) is 0 Å². The highest BCUT2D eigenvalue weighted by molar-refractivity contribution is 7.80. The molecule has 1 amide bonds. The number of rotatable bonds is 3. The van der Waals surface area contributed by atoms with E-state index in [1.54, 1.807) is 20.8 Å². The highest BCUT2D eigenvalue weighted by Crippen LogP contribution is 2.37. The number of thiocarbonyl (C=S) groups is 1. The van der Waals surface area contributed by atoms with E-state index in [-0.39, 0.29) is 11.0 Å². The lowest BCUT2D eigenvalue weighted by molar-refractivity contribution is -0.129. The molecule has 3 N–H and O–H groups in total. The molecule has 1 heterocycles. The zero-order valence-corrected chi connectivity index (χ0v) is 19.1. The molecule has 27 heavy (non-hydrogen) atoms. The fourth-order valence-corrected chi connectivity index (χ4v) is 4.45. The summed E-state index contributed by atoms with van der Waals surface area (Å²) in [5.41, 5.74) is 1.05. The molecule has 0 aromatic carbocycles. The minimum atomic E-state index is -1.82. The van der Waals surface area contributed by atoms with Gasteiger partial charge in [0.25, 0.3) is 0 Å². The number of hydrogen-bond donors (Lipinski definition) is 3. The van der Waals surface area contributed by atoms with E-state index in [9.17, 15) is 10.1 Å². The van der Waals surface area contributed by atoms with Crippen LogP contribution in [0.25, 0.3) is 0 Å². The number of nitrogens with one attached hydrogen (secondary N) is 3. The number of hydrogen-bond acceptors (Lipinski definition) is 4. The number of carbonyl (C=O) groups excluding carboxylic acids is 1. The third kappa shape index (κ3) is 5.85. The molecule has 1 aromatic heterocycles. The molecule has 1 atom stereocenters. The molecule has 2 rings (SSSR count). The van der Waals surface area contributed by atoms with Gasteiger partial charge in [0.15, 0.2) is 5.11 Å². The molecule has 1 aliphatic carbocycles. The number of carbonyl (C=O) groups is 1. The van der Waals surface area contributed by atoms with E-state index >= 15 is 0 Å². The molecule has 0 unspecified atom stereocenters. The van der Waals surface area contributed by atoms with E-state index in [2.05, 4.69) is 22.0 Å². The van der Waals surface area contributed by atoms with Gasteiger partial charge in [0.2, 0.25) is 9.70 Å². The third-order valence-electron chi connectivity index (χ3n) is 4.07. The van der Waals surface area contributed by atoms with Gasteiger partial charge in [-0.15, -0.1) is 11.3 Å². The van der Waals surface area contributed by atoms with E-state index in [1.807, 2.05) is 0 Å². The van der Waals surface area contributed by atoms with E-state index in [0.29, 0.717) is 10.6 Å². The second-order valence-electron chi connectivity index (χ2n) is 7.32. The molecule has 0 fully saturated rings. The average Bonchev–Trinajstić information content (AvgIpc) is 2.89. The Morgan fingerprint density at radius 3 is 2.41 bits per heavy atom. The first-order valence-electron chi connectivity index (χ1n) is 8.43. The van der Waals surface area contributed by atoms with E-state index in [4.69, 9.17) is 47.0 Å². The summed E-state index contributed by atoms with van der Waals surface area (Å²) >= 11 is 24.8. The molecule has 0 aliphatic heterocycles. The Balaban J connectivity index is 2.14. The van der Waals surface area contributed by atoms with Crippen molar-refractivity contribution in [1.82, 2.24) is 10.6 Å². The maximum absolute atomic E-state index is 12.3. The van der Waals surface area contributed by atoms with Crippen molar-refractivity contribution in [1.29, 1.82) is 5.26 Å². The smallest absolute Gasteiger partial charge is 0.228 e. The van der Waals surface area contributed by atoms with Crippen LogP contribution in [-0.4, -0.2) is 21.0 Å². The second-order valence-corrected chi connectivity index (χ2v) is 11.2. The number of alkyl halides is 3. The molecule has 1 aromatic rings. The summed E-state index contributed by atoms with van der Waals surface area (Å²) in [7, 11) is 0. The summed E-state index contributed by atoms with van der Waals surface area (Å²) in [6.45, 7) is 5.26. The van der Waals surface area contributed by atoms with Gasteiger partial charge in [0.05, 0.1) is 5.56 Å². The first kappa shape index (κ1) is 22.5. The van der Waals surface area contributed by atoms with Crippen LogP contribution in [0, 0.1) is 16.7 Å². The standard InChI is InChI=1S/C17H21Cl3N4OS2/c1-16(2,3)14(25)23-13(17(18,19)20)24-15(26)22-12-10(8-21)9-6-4-5-7-11(9)27-12/h13H,4-7H2,1-3H3,(H,23,25)(H2,22,24,26)/t13-/m1/s1. The summed E-state index contributed by atoms with van der Waals surface area (Å²) in [5, 5.41) is 18.9. The van der Waals surface area contributed by atoms with Crippen molar-refractivity contribution < 1.29 is 4.79 Å². The maximum atomic E-state index is 12.3. The van der Waals surface area contributed by atoms with Gasteiger partial charge in [0.1, 0.15) is 17.2 Å². The molecule has 10 heteroatoms. The summed E-state index contributed by atoms with van der Waals surface area (Å²) in [4.78, 5) is 13.5. The molecule has 0 spiro atoms. The van der Waals surface area contributed by atoms with Gasteiger partial charge in [-0.3, -0.25) is 4.79 Å². The molecule has 5 nitrogen and oxygen atoms in total. The van der Waals surface area contributed by atoms with Crippen LogP contribution in [0.4, 0.5) is 5.00 Å². The van der Waals surface area contributed by atoms with E-state index in [1.165, 1.54) is 16.2 Å². The van der Waals surface area contributed by atoms with Crippen LogP contribution in [-0.2, 0) is 17.6 Å². The Hall–Kier alpha value is -0.780. The van der Waals surface area contributed by atoms with Crippen LogP contribution >= 0.6 is 58.4 Å². The normalized spacial score (nSPS) is 15.3. The van der Waals surface area contributed by atoms with Crippen LogP contribution in [0.2, 0.25) is 0 Å². The number of halogens is 3. The lowest BCUT2D eigenvalue weighted by Gasteiger charge is -2.30. The predicted octanol–water partition coefficient (Wildman–Crippen LogP) is 4.64. The van der Waals surface area contributed by atoms with Gasteiger partial charge in [-0.25, -0.2) is 0 Å². The molecular formula is C17H21Cl3N4OS2. The second kappa shape index (κ2) is 8.71. The Morgan fingerprint density at radius 2 is 1.85 bits per heavy atom. The van der Waals surface area contributed by atoms with Gasteiger partial charge < -0.3 is 16.0 Å². The molecule has 0 saturated carbocycles. The number of nitrogens with zero attached hydrogens (tertiary/aromatic N) is 1. The highest BCUT2D eigenvalue weighted by atomic mass is 35.6. The van der Waals surface area contributed by atoms with Gasteiger partial charge >= 0.3 is 0 Å². The maximum Gasteiger partial charge on any atom is 0.228 e. The van der Waals surface area contributed by atoms with Crippen molar-refractivity contribution in [2.45, 2.75) is 56.4 Å². The summed E-state index contributed by atoms with van der Waals surface area (Å²) in [6, 6.07) is 2.26. The number of amides is 1. The predicted molar refractivity (Wildman–Crippen MR) is 117 cm³/mol. The molecular weight excluding hydrogens is 447 g/mol. The fourth-order valence-electron chi connectivity index (χ4n) is 2.59. The van der Waals surface area contributed by atoms with Gasteiger partial charge in [-0.2, -0.15) is 5.26 Å². The summed E-state index contributed by atoms with van der Waals surface area (Å²) in [5.74, 6) is -0.293. The third-order valence-corrected chi connectivity index (χ3v) is 6.15. The number of fused-ring (bicyclic) bond motifs is 1. The summed E-state index contributed by atoms with van der Waals surface area (Å²) < 4.78 is -1.82. The molecule has 0 bridgehead atoms. The van der Waals surface area contributed by atoms with Crippen LogP contribution in [0.1, 0.15) is 49.6 Å². The molecule has 0 saturated heterocycles. The minimum Gasteiger partial charge on any atom is -0.339 e. The van der Waals surface area contributed by atoms with Gasteiger partial charge in [-0.05, 0) is 43.5 Å². The van der Waals surface area contributed by atoms with Crippen molar-refractivity contribution in [3.8, 4) is 6.07 Å². The number of thiophene rings is 1.